The highest BCUT2D eigenvalue weighted by Gasteiger charge is 2.21. The molecule has 0 radical (unpaired) electrons. The minimum Gasteiger partial charge on any atom is -0.397 e. The molecule has 1 saturated carbocycles. The highest BCUT2D eigenvalue weighted by Crippen LogP contribution is 2.24. The third-order valence-corrected chi connectivity index (χ3v) is 4.24. The van der Waals surface area contributed by atoms with E-state index in [0.717, 1.165) is 36.6 Å². The molecule has 0 bridgehead atoms. The maximum atomic E-state index is 12.2. The molecule has 1 heterocycles. The van der Waals surface area contributed by atoms with E-state index in [4.69, 9.17) is 5.73 Å². The predicted octanol–water partition coefficient (Wildman–Crippen LogP) is 2.03. The Morgan fingerprint density at radius 1 is 1.43 bits per heavy atom. The second kappa shape index (κ2) is 5.77. The molecule has 2 aromatic rings. The van der Waals surface area contributed by atoms with Crippen LogP contribution >= 0.6 is 0 Å². The first-order chi connectivity index (χ1) is 10.1. The second-order valence-corrected chi connectivity index (χ2v) is 5.89. The highest BCUT2D eigenvalue weighted by atomic mass is 16.3. The fourth-order valence-electron chi connectivity index (χ4n) is 3.08. The highest BCUT2D eigenvalue weighted by molar-refractivity contribution is 6.00. The summed E-state index contributed by atoms with van der Waals surface area (Å²) in [7, 11) is 0. The Morgan fingerprint density at radius 3 is 3.05 bits per heavy atom. The van der Waals surface area contributed by atoms with Gasteiger partial charge < -0.3 is 21.1 Å². The first-order valence-electron chi connectivity index (χ1n) is 7.47. The Morgan fingerprint density at radius 2 is 2.29 bits per heavy atom. The van der Waals surface area contributed by atoms with E-state index in [2.05, 4.69) is 10.3 Å². The molecule has 1 amide bonds. The van der Waals surface area contributed by atoms with Crippen LogP contribution in [0.5, 0.6) is 0 Å². The number of para-hydroxylation sites is 1. The number of fused-ring (bicyclic) bond motifs is 1. The molecule has 21 heavy (non-hydrogen) atoms. The van der Waals surface area contributed by atoms with Crippen LogP contribution in [0, 0.1) is 5.92 Å². The van der Waals surface area contributed by atoms with Gasteiger partial charge in [-0.3, -0.25) is 4.79 Å². The van der Waals surface area contributed by atoms with Crippen LogP contribution in [0.1, 0.15) is 36.2 Å². The number of rotatable bonds is 3. The number of amides is 1. The van der Waals surface area contributed by atoms with Gasteiger partial charge in [-0.2, -0.15) is 0 Å². The number of hydrogen-bond donors (Lipinski definition) is 4. The van der Waals surface area contributed by atoms with Crippen molar-refractivity contribution in [2.24, 2.45) is 5.92 Å². The monoisotopic (exact) mass is 287 g/mol. The minimum atomic E-state index is -0.214. The topological polar surface area (TPSA) is 91.1 Å². The number of nitrogen functional groups attached to an aromatic ring is 1. The summed E-state index contributed by atoms with van der Waals surface area (Å²) in [4.78, 5) is 15.3. The lowest BCUT2D eigenvalue weighted by Gasteiger charge is -2.25. The van der Waals surface area contributed by atoms with Gasteiger partial charge in [0.15, 0.2) is 0 Å². The van der Waals surface area contributed by atoms with Crippen LogP contribution in [0.15, 0.2) is 24.3 Å². The van der Waals surface area contributed by atoms with Crippen LogP contribution in [0.25, 0.3) is 10.9 Å². The van der Waals surface area contributed by atoms with Crippen LogP contribution in [-0.4, -0.2) is 28.6 Å². The lowest BCUT2D eigenvalue weighted by atomic mass is 9.87. The average Bonchev–Trinajstić information content (AvgIpc) is 2.90. The van der Waals surface area contributed by atoms with Gasteiger partial charge >= 0.3 is 0 Å². The smallest absolute Gasteiger partial charge is 0.267 e. The van der Waals surface area contributed by atoms with Gasteiger partial charge in [-0.15, -0.1) is 0 Å². The number of aromatic amines is 1. The fourth-order valence-corrected chi connectivity index (χ4v) is 3.08. The molecular formula is C16H21N3O2. The zero-order valence-corrected chi connectivity index (χ0v) is 11.9. The van der Waals surface area contributed by atoms with Gasteiger partial charge in [0, 0.05) is 11.9 Å². The summed E-state index contributed by atoms with van der Waals surface area (Å²) in [5.74, 6) is 0.248. The lowest BCUT2D eigenvalue weighted by Crippen LogP contribution is -2.33. The number of nitrogens with one attached hydrogen (secondary N) is 2. The number of nitrogens with two attached hydrogens (primary N) is 1. The van der Waals surface area contributed by atoms with E-state index in [9.17, 15) is 9.90 Å². The molecule has 0 aliphatic heterocycles. The van der Waals surface area contributed by atoms with Crippen LogP contribution < -0.4 is 11.1 Å². The van der Waals surface area contributed by atoms with Crippen molar-refractivity contribution in [3.8, 4) is 0 Å². The van der Waals surface area contributed by atoms with Gasteiger partial charge in [0.25, 0.3) is 5.91 Å². The lowest BCUT2D eigenvalue weighted by molar-refractivity contribution is 0.0871. The van der Waals surface area contributed by atoms with Crippen LogP contribution in [0.3, 0.4) is 0 Å². The van der Waals surface area contributed by atoms with Crippen molar-refractivity contribution in [1.29, 1.82) is 0 Å². The summed E-state index contributed by atoms with van der Waals surface area (Å²) >= 11 is 0. The van der Waals surface area contributed by atoms with Crippen molar-refractivity contribution in [3.05, 3.63) is 30.0 Å². The quantitative estimate of drug-likeness (QED) is 0.651. The van der Waals surface area contributed by atoms with E-state index < -0.39 is 0 Å². The molecule has 2 atom stereocenters. The van der Waals surface area contributed by atoms with Crippen molar-refractivity contribution >= 4 is 22.5 Å². The number of H-pyrrole nitrogens is 1. The van der Waals surface area contributed by atoms with E-state index >= 15 is 0 Å². The Kier molecular flexibility index (Phi) is 3.84. The first-order valence-corrected chi connectivity index (χ1v) is 7.47. The normalized spacial score (nSPS) is 22.3. The molecule has 0 spiro atoms. The van der Waals surface area contributed by atoms with Crippen LogP contribution in [0.4, 0.5) is 5.69 Å². The summed E-state index contributed by atoms with van der Waals surface area (Å²) in [6.45, 7) is 0.612. The molecule has 5 nitrogen and oxygen atoms in total. The zero-order chi connectivity index (χ0) is 14.8. The Labute approximate surface area is 123 Å². The Hall–Kier alpha value is -2.01. The third-order valence-electron chi connectivity index (χ3n) is 4.24. The predicted molar refractivity (Wildman–Crippen MR) is 83.0 cm³/mol. The molecular weight excluding hydrogens is 266 g/mol. The molecule has 3 rings (SSSR count). The number of benzene rings is 1. The number of carbonyl (C=O) groups is 1. The first kappa shape index (κ1) is 13.9. The van der Waals surface area contributed by atoms with E-state index in [1.165, 1.54) is 0 Å². The number of anilines is 1. The molecule has 5 heteroatoms. The van der Waals surface area contributed by atoms with Crippen molar-refractivity contribution < 1.29 is 9.90 Å². The van der Waals surface area contributed by atoms with Gasteiger partial charge in [0.05, 0.1) is 17.3 Å². The summed E-state index contributed by atoms with van der Waals surface area (Å²) in [6.07, 6.45) is 3.54. The fraction of sp³-hybridized carbons (Fsp3) is 0.438. The number of aliphatic hydroxyl groups is 1. The van der Waals surface area contributed by atoms with E-state index in [1.54, 1.807) is 0 Å². The van der Waals surface area contributed by atoms with Crippen molar-refractivity contribution in [1.82, 2.24) is 10.3 Å². The molecule has 0 saturated heterocycles. The second-order valence-electron chi connectivity index (χ2n) is 5.89. The van der Waals surface area contributed by atoms with Gasteiger partial charge in [-0.25, -0.2) is 0 Å². The molecule has 5 N–H and O–H groups in total. The van der Waals surface area contributed by atoms with Gasteiger partial charge in [-0.1, -0.05) is 18.6 Å². The number of hydrogen-bond acceptors (Lipinski definition) is 3. The van der Waals surface area contributed by atoms with E-state index in [0.29, 0.717) is 23.8 Å². The summed E-state index contributed by atoms with van der Waals surface area (Å²) in [5.41, 5.74) is 7.85. The molecule has 1 aromatic heterocycles. The zero-order valence-electron chi connectivity index (χ0n) is 11.9. The summed E-state index contributed by atoms with van der Waals surface area (Å²) in [6, 6.07) is 7.42. The van der Waals surface area contributed by atoms with Crippen LogP contribution in [-0.2, 0) is 0 Å². The molecule has 2 unspecified atom stereocenters. The van der Waals surface area contributed by atoms with Gasteiger partial charge in [0.1, 0.15) is 5.69 Å². The number of aliphatic hydroxyl groups excluding tert-OH is 1. The van der Waals surface area contributed by atoms with Crippen molar-refractivity contribution in [2.45, 2.75) is 31.8 Å². The number of aromatic nitrogens is 1. The summed E-state index contributed by atoms with van der Waals surface area (Å²) in [5, 5.41) is 13.5. The molecule has 1 fully saturated rings. The maximum Gasteiger partial charge on any atom is 0.267 e. The van der Waals surface area contributed by atoms with E-state index in [-0.39, 0.29) is 12.0 Å². The third kappa shape index (κ3) is 3.03. The van der Waals surface area contributed by atoms with E-state index in [1.807, 2.05) is 24.3 Å². The molecule has 1 aromatic carbocycles. The largest absolute Gasteiger partial charge is 0.397 e. The molecule has 1 aliphatic rings. The van der Waals surface area contributed by atoms with Crippen molar-refractivity contribution in [2.75, 3.05) is 12.3 Å². The maximum absolute atomic E-state index is 12.2. The minimum absolute atomic E-state index is 0.120. The van der Waals surface area contributed by atoms with Crippen molar-refractivity contribution in [3.63, 3.8) is 0 Å². The Bertz CT molecular complexity index is 650. The summed E-state index contributed by atoms with van der Waals surface area (Å²) < 4.78 is 0. The standard InChI is InChI=1S/C16H21N3O2/c17-13-6-2-4-11-8-14(19-15(11)13)16(21)18-9-10-3-1-5-12(20)7-10/h2,4,6,8,10,12,19-20H,1,3,5,7,9,17H2,(H,18,21). The van der Waals surface area contributed by atoms with Crippen LogP contribution in [0.2, 0.25) is 0 Å². The molecule has 1 aliphatic carbocycles. The SMILES string of the molecule is Nc1cccc2cc(C(=O)NCC3CCCC(O)C3)[nH]c12. The Balaban J connectivity index is 1.65. The van der Waals surface area contributed by atoms with Gasteiger partial charge in [0.2, 0.25) is 0 Å². The number of carbonyl (C=O) groups excluding carboxylic acids is 1. The molecule has 112 valence electrons. The van der Waals surface area contributed by atoms with Gasteiger partial charge in [-0.05, 0) is 37.3 Å². The average molecular weight is 287 g/mol.